The van der Waals surface area contributed by atoms with E-state index < -0.39 is 34.6 Å². The minimum absolute atomic E-state index is 0.0396. The lowest BCUT2D eigenvalue weighted by Crippen LogP contribution is -2.45. The Bertz CT molecular complexity index is 1490. The summed E-state index contributed by atoms with van der Waals surface area (Å²) in [5.41, 5.74) is 3.96. The average Bonchev–Trinajstić information content (AvgIpc) is 3.30. The van der Waals surface area contributed by atoms with Crippen molar-refractivity contribution in [1.29, 1.82) is 0 Å². The first-order valence-electron chi connectivity index (χ1n) is 14.0. The summed E-state index contributed by atoms with van der Waals surface area (Å²) in [5, 5.41) is 0. The molecular formula is C31H34F3N3O3S. The molecule has 0 aromatic heterocycles. The summed E-state index contributed by atoms with van der Waals surface area (Å²) < 4.78 is 69.2. The first-order chi connectivity index (χ1) is 19.6. The van der Waals surface area contributed by atoms with Crippen LogP contribution in [0.2, 0.25) is 0 Å². The molecule has 2 aliphatic rings. The van der Waals surface area contributed by atoms with Crippen LogP contribution in [0, 0.1) is 0 Å². The van der Waals surface area contributed by atoms with E-state index in [-0.39, 0.29) is 17.5 Å². The fourth-order valence-electron chi connectivity index (χ4n) is 5.91. The van der Waals surface area contributed by atoms with E-state index in [1.807, 2.05) is 49.4 Å². The second-order valence-electron chi connectivity index (χ2n) is 10.7. The Morgan fingerprint density at radius 2 is 1.61 bits per heavy atom. The van der Waals surface area contributed by atoms with Crippen LogP contribution in [0.5, 0.6) is 0 Å². The molecule has 3 aromatic carbocycles. The highest BCUT2D eigenvalue weighted by atomic mass is 32.2. The summed E-state index contributed by atoms with van der Waals surface area (Å²) in [7, 11) is -3.65. The normalized spacial score (nSPS) is 17.3. The van der Waals surface area contributed by atoms with Gasteiger partial charge in [0.25, 0.3) is 0 Å². The van der Waals surface area contributed by atoms with Gasteiger partial charge in [0.2, 0.25) is 15.9 Å². The molecule has 1 unspecified atom stereocenters. The molecule has 0 bridgehead atoms. The number of rotatable bonds is 9. The minimum atomic E-state index is -4.50. The van der Waals surface area contributed by atoms with Gasteiger partial charge in [-0.3, -0.25) is 4.79 Å². The number of nitrogens with one attached hydrogen (secondary N) is 1. The van der Waals surface area contributed by atoms with E-state index in [4.69, 9.17) is 0 Å². The number of carbonyl (C=O) groups is 1. The highest BCUT2D eigenvalue weighted by Gasteiger charge is 2.42. The maximum atomic E-state index is 14.0. The Hall–Kier alpha value is -3.37. The largest absolute Gasteiger partial charge is 0.406 e. The topological polar surface area (TPSA) is 69.7 Å². The van der Waals surface area contributed by atoms with Crippen molar-refractivity contribution in [1.82, 2.24) is 9.62 Å². The predicted octanol–water partition coefficient (Wildman–Crippen LogP) is 5.94. The van der Waals surface area contributed by atoms with Crippen LogP contribution in [0.1, 0.15) is 49.7 Å². The zero-order chi connectivity index (χ0) is 29.2. The number of halogens is 3. The zero-order valence-corrected chi connectivity index (χ0v) is 23.7. The molecular weight excluding hydrogens is 551 g/mol. The average molecular weight is 586 g/mol. The van der Waals surface area contributed by atoms with Crippen molar-refractivity contribution < 1.29 is 26.4 Å². The van der Waals surface area contributed by atoms with E-state index in [1.54, 1.807) is 30.3 Å². The molecule has 0 radical (unpaired) electrons. The number of piperidine rings is 1. The lowest BCUT2D eigenvalue weighted by Gasteiger charge is -2.36. The van der Waals surface area contributed by atoms with Crippen LogP contribution in [-0.4, -0.2) is 57.6 Å². The van der Waals surface area contributed by atoms with E-state index in [9.17, 15) is 26.4 Å². The molecule has 10 heteroatoms. The number of benzene rings is 3. The summed E-state index contributed by atoms with van der Waals surface area (Å²) in [6.07, 6.45) is -2.24. The van der Waals surface area contributed by atoms with Gasteiger partial charge in [0.1, 0.15) is 6.54 Å². The Labute approximate surface area is 239 Å². The van der Waals surface area contributed by atoms with Crippen molar-refractivity contribution in [2.45, 2.75) is 55.6 Å². The number of nitrogens with zero attached hydrogens (tertiary/aromatic N) is 2. The van der Waals surface area contributed by atoms with Crippen LogP contribution in [0.4, 0.5) is 18.9 Å². The number of amides is 1. The lowest BCUT2D eigenvalue weighted by molar-refractivity contribution is -0.161. The van der Waals surface area contributed by atoms with Gasteiger partial charge >= 0.3 is 6.18 Å². The SMILES string of the molecule is CCCCN(CC(F)(F)F)C(=O)C1c2ccccc2-c2cccc(N3CCC(NS(=O)(=O)c4ccccc4)CC3)c21. The van der Waals surface area contributed by atoms with Crippen molar-refractivity contribution in [2.75, 3.05) is 31.1 Å². The second kappa shape index (κ2) is 11.9. The first kappa shape index (κ1) is 29.1. The van der Waals surface area contributed by atoms with Crippen molar-refractivity contribution >= 4 is 21.6 Å². The van der Waals surface area contributed by atoms with E-state index in [0.717, 1.165) is 27.3 Å². The van der Waals surface area contributed by atoms with Gasteiger partial charge in [0, 0.05) is 36.9 Å². The van der Waals surface area contributed by atoms with Crippen LogP contribution in [0.15, 0.2) is 77.7 Å². The summed E-state index contributed by atoms with van der Waals surface area (Å²) in [6, 6.07) is 21.2. The molecule has 1 amide bonds. The van der Waals surface area contributed by atoms with Gasteiger partial charge in [0.05, 0.1) is 10.8 Å². The fraction of sp³-hybridized carbons (Fsp3) is 0.387. The van der Waals surface area contributed by atoms with Crippen molar-refractivity contribution in [2.24, 2.45) is 0 Å². The first-order valence-corrected chi connectivity index (χ1v) is 15.5. The quantitative estimate of drug-likeness (QED) is 0.338. The van der Waals surface area contributed by atoms with Gasteiger partial charge < -0.3 is 9.80 Å². The molecule has 6 nitrogen and oxygen atoms in total. The molecule has 1 aliphatic heterocycles. The number of alkyl halides is 3. The fourth-order valence-corrected chi connectivity index (χ4v) is 7.24. The number of carbonyl (C=O) groups excluding carboxylic acids is 1. The molecule has 1 atom stereocenters. The second-order valence-corrected chi connectivity index (χ2v) is 12.4. The Morgan fingerprint density at radius 3 is 2.29 bits per heavy atom. The third-order valence-corrected chi connectivity index (χ3v) is 9.39. The van der Waals surface area contributed by atoms with E-state index >= 15 is 0 Å². The monoisotopic (exact) mass is 585 g/mol. The number of unbranched alkanes of at least 4 members (excludes halogenated alkanes) is 1. The molecule has 5 rings (SSSR count). The van der Waals surface area contributed by atoms with Gasteiger partial charge in [-0.05, 0) is 54.2 Å². The maximum absolute atomic E-state index is 14.0. The molecule has 1 N–H and O–H groups in total. The van der Waals surface area contributed by atoms with E-state index in [1.165, 1.54) is 0 Å². The molecule has 1 fully saturated rings. The standard InChI is InChI=1S/C31H34F3N3O3S/c1-2-3-18-37(21-31(32,33)34)30(38)29-26-13-8-7-12-24(26)25-14-9-15-27(28(25)29)36-19-16-22(17-20-36)35-41(39,40)23-10-5-4-6-11-23/h4-15,22,29,35H,2-3,16-21H2,1H3. The molecule has 41 heavy (non-hydrogen) atoms. The highest BCUT2D eigenvalue weighted by molar-refractivity contribution is 7.89. The molecule has 1 saturated heterocycles. The van der Waals surface area contributed by atoms with E-state index in [0.29, 0.717) is 44.3 Å². The van der Waals surface area contributed by atoms with Gasteiger partial charge in [-0.25, -0.2) is 13.1 Å². The molecule has 0 spiro atoms. The van der Waals surface area contributed by atoms with Crippen LogP contribution < -0.4 is 9.62 Å². The summed E-state index contributed by atoms with van der Waals surface area (Å²) >= 11 is 0. The molecule has 218 valence electrons. The van der Waals surface area contributed by atoms with E-state index in [2.05, 4.69) is 9.62 Å². The molecule has 1 heterocycles. The summed E-state index contributed by atoms with van der Waals surface area (Å²) in [4.78, 5) is 17.3. The number of anilines is 1. The van der Waals surface area contributed by atoms with Crippen molar-refractivity contribution in [3.63, 3.8) is 0 Å². The van der Waals surface area contributed by atoms with Crippen LogP contribution in [0.25, 0.3) is 11.1 Å². The molecule has 1 aliphatic carbocycles. The summed E-state index contributed by atoms with van der Waals surface area (Å²) in [6.45, 7) is 1.72. The lowest BCUT2D eigenvalue weighted by atomic mass is 9.92. The number of hydrogen-bond acceptors (Lipinski definition) is 4. The zero-order valence-electron chi connectivity index (χ0n) is 22.9. The smallest absolute Gasteiger partial charge is 0.371 e. The number of sulfonamides is 1. The van der Waals surface area contributed by atoms with Crippen molar-refractivity contribution in [3.8, 4) is 11.1 Å². The van der Waals surface area contributed by atoms with Crippen LogP contribution >= 0.6 is 0 Å². The maximum Gasteiger partial charge on any atom is 0.406 e. The summed E-state index contributed by atoms with van der Waals surface area (Å²) in [5.74, 6) is -1.38. The Morgan fingerprint density at radius 1 is 0.951 bits per heavy atom. The van der Waals surface area contributed by atoms with Gasteiger partial charge in [-0.2, -0.15) is 13.2 Å². The third-order valence-electron chi connectivity index (χ3n) is 7.86. The molecule has 0 saturated carbocycles. The number of hydrogen-bond donors (Lipinski definition) is 1. The Balaban J connectivity index is 1.42. The van der Waals surface area contributed by atoms with Crippen LogP contribution in [-0.2, 0) is 14.8 Å². The van der Waals surface area contributed by atoms with Crippen molar-refractivity contribution in [3.05, 3.63) is 83.9 Å². The molecule has 3 aromatic rings. The predicted molar refractivity (Wildman–Crippen MR) is 153 cm³/mol. The third kappa shape index (κ3) is 6.28. The van der Waals surface area contributed by atoms with Gasteiger partial charge in [-0.1, -0.05) is 67.9 Å². The highest BCUT2D eigenvalue weighted by Crippen LogP contribution is 2.50. The van der Waals surface area contributed by atoms with Crippen LogP contribution in [0.3, 0.4) is 0 Å². The van der Waals surface area contributed by atoms with Gasteiger partial charge in [-0.15, -0.1) is 0 Å². The minimum Gasteiger partial charge on any atom is -0.371 e. The van der Waals surface area contributed by atoms with Gasteiger partial charge in [0.15, 0.2) is 0 Å². The number of fused-ring (bicyclic) bond motifs is 3. The Kier molecular flexibility index (Phi) is 8.42.